The molecule has 0 amide bonds. The van der Waals surface area contributed by atoms with E-state index in [9.17, 15) is 14.4 Å². The van der Waals surface area contributed by atoms with Gasteiger partial charge in [-0.3, -0.25) is 14.6 Å². The maximum absolute atomic E-state index is 12.0. The van der Waals surface area contributed by atoms with Gasteiger partial charge in [-0.25, -0.2) is 4.79 Å². The minimum atomic E-state index is -0.557. The van der Waals surface area contributed by atoms with Crippen LogP contribution in [0.1, 0.15) is 10.4 Å². The van der Waals surface area contributed by atoms with Crippen LogP contribution in [-0.2, 0) is 0 Å². The zero-order valence-corrected chi connectivity index (χ0v) is 11.5. The Labute approximate surface area is 122 Å². The van der Waals surface area contributed by atoms with Gasteiger partial charge in [0.1, 0.15) is 5.75 Å². The number of para-hydroxylation sites is 1. The maximum atomic E-state index is 12.0. The van der Waals surface area contributed by atoms with Crippen LogP contribution in [0.25, 0.3) is 10.1 Å². The largest absolute Gasteiger partial charge is 0.423 e. The summed E-state index contributed by atoms with van der Waals surface area (Å²) in [6, 6.07) is 13.2. The number of hydrogen-bond donors (Lipinski definition) is 1. The Morgan fingerprint density at radius 1 is 1.05 bits per heavy atom. The van der Waals surface area contributed by atoms with Gasteiger partial charge in [-0.2, -0.15) is 0 Å². The zero-order chi connectivity index (χ0) is 14.8. The van der Waals surface area contributed by atoms with Crippen molar-refractivity contribution in [2.24, 2.45) is 0 Å². The van der Waals surface area contributed by atoms with Gasteiger partial charge in [0.05, 0.1) is 10.9 Å². The molecule has 2 aromatic carbocycles. The Morgan fingerprint density at radius 2 is 1.81 bits per heavy atom. The molecule has 0 aliphatic rings. The van der Waals surface area contributed by atoms with Crippen molar-refractivity contribution in [1.82, 2.24) is 4.98 Å². The van der Waals surface area contributed by atoms with Gasteiger partial charge in [0.15, 0.2) is 0 Å². The summed E-state index contributed by atoms with van der Waals surface area (Å²) in [5, 5.41) is 0.294. The highest BCUT2D eigenvalue weighted by atomic mass is 32.1. The molecule has 0 spiro atoms. The fourth-order valence-electron chi connectivity index (χ4n) is 1.86. The third-order valence-corrected chi connectivity index (χ3v) is 3.70. The molecule has 0 atom stereocenters. The van der Waals surface area contributed by atoms with Crippen molar-refractivity contribution in [1.29, 1.82) is 0 Å². The Balaban J connectivity index is 1.99. The first-order valence-corrected chi connectivity index (χ1v) is 6.89. The Hall–Kier alpha value is -2.73. The number of carbonyl (C=O) groups is 1. The van der Waals surface area contributed by atoms with Crippen molar-refractivity contribution < 1.29 is 9.53 Å². The first-order valence-electron chi connectivity index (χ1n) is 6.08. The number of hydrogen-bond acceptors (Lipinski definition) is 5. The second-order valence-electron chi connectivity index (χ2n) is 4.26. The molecule has 1 heterocycles. The SMILES string of the molecule is O=C(Oc1ccccc1)c1ccc2sc(=O)[nH]c(=O)c2c1. The molecule has 1 N–H and O–H groups in total. The van der Waals surface area contributed by atoms with E-state index in [1.165, 1.54) is 12.1 Å². The number of benzene rings is 2. The van der Waals surface area contributed by atoms with Gasteiger partial charge in [-0.1, -0.05) is 29.5 Å². The first kappa shape index (κ1) is 13.3. The van der Waals surface area contributed by atoms with Crippen LogP contribution in [0.5, 0.6) is 5.75 Å². The van der Waals surface area contributed by atoms with Gasteiger partial charge in [0.25, 0.3) is 5.56 Å². The summed E-state index contributed by atoms with van der Waals surface area (Å²) in [6.45, 7) is 0. The highest BCUT2D eigenvalue weighted by Crippen LogP contribution is 2.16. The summed E-state index contributed by atoms with van der Waals surface area (Å²) in [7, 11) is 0. The molecule has 0 fully saturated rings. The summed E-state index contributed by atoms with van der Waals surface area (Å²) in [6.07, 6.45) is 0. The number of rotatable bonds is 2. The number of carbonyl (C=O) groups excluding carboxylic acids is 1. The average Bonchev–Trinajstić information content (AvgIpc) is 2.47. The van der Waals surface area contributed by atoms with E-state index in [1.807, 2.05) is 6.07 Å². The quantitative estimate of drug-likeness (QED) is 0.581. The van der Waals surface area contributed by atoms with Crippen molar-refractivity contribution in [2.45, 2.75) is 0 Å². The Bertz CT molecular complexity index is 928. The van der Waals surface area contributed by atoms with Crippen LogP contribution in [0.15, 0.2) is 58.1 Å². The van der Waals surface area contributed by atoms with Crippen LogP contribution in [0.3, 0.4) is 0 Å². The lowest BCUT2D eigenvalue weighted by atomic mass is 10.2. The number of aromatic nitrogens is 1. The van der Waals surface area contributed by atoms with E-state index < -0.39 is 16.4 Å². The number of esters is 1. The summed E-state index contributed by atoms with van der Waals surface area (Å²) in [5.74, 6) is -0.132. The lowest BCUT2D eigenvalue weighted by Gasteiger charge is -2.04. The molecule has 5 nitrogen and oxygen atoms in total. The molecule has 0 saturated heterocycles. The molecule has 0 aliphatic carbocycles. The first-order chi connectivity index (χ1) is 10.1. The molecule has 0 unspecified atom stereocenters. The van der Waals surface area contributed by atoms with Gasteiger partial charge in [-0.05, 0) is 30.3 Å². The van der Waals surface area contributed by atoms with Gasteiger partial charge in [-0.15, -0.1) is 0 Å². The molecule has 0 bridgehead atoms. The molecule has 21 heavy (non-hydrogen) atoms. The van der Waals surface area contributed by atoms with E-state index in [1.54, 1.807) is 30.3 Å². The summed E-state index contributed by atoms with van der Waals surface area (Å²) in [4.78, 5) is 36.8. The van der Waals surface area contributed by atoms with Crippen molar-refractivity contribution in [2.75, 3.05) is 0 Å². The van der Waals surface area contributed by atoms with E-state index >= 15 is 0 Å². The topological polar surface area (TPSA) is 76.2 Å². The van der Waals surface area contributed by atoms with E-state index in [-0.39, 0.29) is 5.56 Å². The Morgan fingerprint density at radius 3 is 2.57 bits per heavy atom. The molecular formula is C15H9NO4S. The standard InChI is InChI=1S/C15H9NO4S/c17-13-11-8-9(6-7-12(11)21-15(19)16-13)14(18)20-10-4-2-1-3-5-10/h1-8H,(H,16,17,19). The molecular weight excluding hydrogens is 290 g/mol. The highest BCUT2D eigenvalue weighted by molar-refractivity contribution is 7.15. The third kappa shape index (κ3) is 2.75. The second kappa shape index (κ2) is 5.34. The summed E-state index contributed by atoms with van der Waals surface area (Å²) >= 11 is 0.917. The molecule has 0 radical (unpaired) electrons. The molecule has 104 valence electrons. The lowest BCUT2D eigenvalue weighted by molar-refractivity contribution is 0.0735. The summed E-state index contributed by atoms with van der Waals surface area (Å²) in [5.41, 5.74) is -0.259. The van der Waals surface area contributed by atoms with Crippen LogP contribution >= 0.6 is 11.3 Å². The van der Waals surface area contributed by atoms with Crippen LogP contribution in [0.4, 0.5) is 0 Å². The van der Waals surface area contributed by atoms with Crippen LogP contribution in [-0.4, -0.2) is 11.0 Å². The maximum Gasteiger partial charge on any atom is 0.343 e. The second-order valence-corrected chi connectivity index (χ2v) is 5.27. The number of nitrogens with one attached hydrogen (secondary N) is 1. The highest BCUT2D eigenvalue weighted by Gasteiger charge is 2.11. The van der Waals surface area contributed by atoms with Crippen LogP contribution < -0.4 is 15.2 Å². The van der Waals surface area contributed by atoms with Gasteiger partial charge in [0.2, 0.25) is 0 Å². The smallest absolute Gasteiger partial charge is 0.343 e. The van der Waals surface area contributed by atoms with Crippen molar-refractivity contribution in [3.8, 4) is 5.75 Å². The summed E-state index contributed by atoms with van der Waals surface area (Å²) < 4.78 is 5.73. The molecule has 3 rings (SSSR count). The fraction of sp³-hybridized carbons (Fsp3) is 0. The zero-order valence-electron chi connectivity index (χ0n) is 10.7. The monoisotopic (exact) mass is 299 g/mol. The number of H-pyrrole nitrogens is 1. The van der Waals surface area contributed by atoms with Gasteiger partial charge >= 0.3 is 10.8 Å². The minimum absolute atomic E-state index is 0.253. The number of ether oxygens (including phenoxy) is 1. The van der Waals surface area contributed by atoms with Crippen molar-refractivity contribution >= 4 is 27.4 Å². The van der Waals surface area contributed by atoms with E-state index in [4.69, 9.17) is 4.74 Å². The predicted octanol–water partition coefficient (Wildman–Crippen LogP) is 2.17. The molecule has 1 aromatic heterocycles. The number of aromatic amines is 1. The van der Waals surface area contributed by atoms with Crippen molar-refractivity contribution in [3.05, 3.63) is 74.1 Å². The lowest BCUT2D eigenvalue weighted by Crippen LogP contribution is -2.16. The molecule has 3 aromatic rings. The Kier molecular flexibility index (Phi) is 3.37. The van der Waals surface area contributed by atoms with Crippen LogP contribution in [0, 0.1) is 0 Å². The van der Waals surface area contributed by atoms with E-state index in [0.717, 1.165) is 11.3 Å². The van der Waals surface area contributed by atoms with E-state index in [0.29, 0.717) is 15.8 Å². The number of fused-ring (bicyclic) bond motifs is 1. The van der Waals surface area contributed by atoms with Crippen molar-refractivity contribution in [3.63, 3.8) is 0 Å². The van der Waals surface area contributed by atoms with Gasteiger partial charge in [0, 0.05) is 4.70 Å². The fourth-order valence-corrected chi connectivity index (χ4v) is 2.60. The van der Waals surface area contributed by atoms with Gasteiger partial charge < -0.3 is 4.74 Å². The predicted molar refractivity (Wildman–Crippen MR) is 80.1 cm³/mol. The van der Waals surface area contributed by atoms with E-state index in [2.05, 4.69) is 4.98 Å². The third-order valence-electron chi connectivity index (χ3n) is 2.83. The molecule has 0 aliphatic heterocycles. The molecule has 6 heteroatoms. The average molecular weight is 299 g/mol. The van der Waals surface area contributed by atoms with Crippen LogP contribution in [0.2, 0.25) is 0 Å². The normalized spacial score (nSPS) is 10.5. The molecule has 0 saturated carbocycles. The minimum Gasteiger partial charge on any atom is -0.423 e.